The highest BCUT2D eigenvalue weighted by Crippen LogP contribution is 2.31. The van der Waals surface area contributed by atoms with Crippen LogP contribution in [0.4, 0.5) is 5.13 Å². The average Bonchev–Trinajstić information content (AvgIpc) is 3.15. The number of fused-ring (bicyclic) bond motifs is 1. The summed E-state index contributed by atoms with van der Waals surface area (Å²) < 4.78 is 7.07. The molecule has 150 valence electrons. The second-order valence-corrected chi connectivity index (χ2v) is 8.22. The number of ether oxygens (including phenoxy) is 1. The molecule has 4 rings (SSSR count). The lowest BCUT2D eigenvalue weighted by Crippen LogP contribution is -2.36. The number of aromatic nitrogens is 2. The lowest BCUT2D eigenvalue weighted by Gasteiger charge is -2.27. The normalized spacial score (nSPS) is 19.1. The summed E-state index contributed by atoms with van der Waals surface area (Å²) in [5.41, 5.74) is 2.18. The Morgan fingerprint density at radius 2 is 2.14 bits per heavy atom. The van der Waals surface area contributed by atoms with Gasteiger partial charge < -0.3 is 20.5 Å². The van der Waals surface area contributed by atoms with E-state index < -0.39 is 0 Å². The molecule has 0 spiro atoms. The van der Waals surface area contributed by atoms with Gasteiger partial charge in [0.2, 0.25) is 0 Å². The van der Waals surface area contributed by atoms with Crippen molar-refractivity contribution in [3.8, 4) is 11.5 Å². The van der Waals surface area contributed by atoms with Gasteiger partial charge in [0.05, 0.1) is 22.4 Å². The van der Waals surface area contributed by atoms with E-state index >= 15 is 0 Å². The van der Waals surface area contributed by atoms with Gasteiger partial charge in [0.25, 0.3) is 5.91 Å². The first-order valence-electron chi connectivity index (χ1n) is 9.76. The highest BCUT2D eigenvalue weighted by atomic mass is 32.1. The molecule has 0 bridgehead atoms. The predicted octanol–water partition coefficient (Wildman–Crippen LogP) is 1.82. The summed E-state index contributed by atoms with van der Waals surface area (Å²) in [7, 11) is 3.56. The third-order valence-electron chi connectivity index (χ3n) is 5.21. The molecule has 29 heavy (non-hydrogen) atoms. The van der Waals surface area contributed by atoms with Crippen molar-refractivity contribution in [3.05, 3.63) is 36.2 Å². The number of nitrogens with one attached hydrogen (secondary N) is 2. The molecule has 0 unspecified atom stereocenters. The Labute approximate surface area is 173 Å². The van der Waals surface area contributed by atoms with Gasteiger partial charge in [-0.3, -0.25) is 9.78 Å². The van der Waals surface area contributed by atoms with Gasteiger partial charge in [-0.05, 0) is 36.5 Å². The third kappa shape index (κ3) is 4.20. The maximum atomic E-state index is 11.8. The molecule has 7 nitrogen and oxygen atoms in total. The summed E-state index contributed by atoms with van der Waals surface area (Å²) in [5.74, 6) is 0.999. The van der Waals surface area contributed by atoms with E-state index in [-0.39, 0.29) is 18.1 Å². The number of rotatable bonds is 5. The molecule has 1 saturated carbocycles. The lowest BCUT2D eigenvalue weighted by molar-refractivity contribution is 0.0957. The van der Waals surface area contributed by atoms with Crippen LogP contribution >= 0.6 is 11.3 Å². The van der Waals surface area contributed by atoms with Crippen molar-refractivity contribution < 1.29 is 14.6 Å². The summed E-state index contributed by atoms with van der Waals surface area (Å²) in [6, 6.07) is 7.21. The molecule has 1 amide bonds. The molecular weight excluding hydrogens is 387 g/mol. The fraction of sp³-hybridized carbons (Fsp3) is 0.350. The van der Waals surface area contributed by atoms with E-state index in [1.807, 2.05) is 20.0 Å². The van der Waals surface area contributed by atoms with Crippen LogP contribution in [0.5, 0.6) is 11.5 Å². The van der Waals surface area contributed by atoms with Crippen molar-refractivity contribution in [2.75, 3.05) is 12.4 Å². The van der Waals surface area contributed by atoms with Crippen LogP contribution < -0.4 is 20.8 Å². The van der Waals surface area contributed by atoms with Crippen molar-refractivity contribution in [1.82, 2.24) is 15.3 Å². The maximum absolute atomic E-state index is 11.8. The van der Waals surface area contributed by atoms with E-state index in [0.717, 1.165) is 46.5 Å². The molecule has 3 aromatic rings. The number of anilines is 1. The van der Waals surface area contributed by atoms with Gasteiger partial charge in [0, 0.05) is 19.3 Å². The number of pyridine rings is 1. The van der Waals surface area contributed by atoms with Gasteiger partial charge >= 0.3 is 0 Å². The van der Waals surface area contributed by atoms with Gasteiger partial charge in [-0.15, -0.1) is 0 Å². The van der Waals surface area contributed by atoms with Crippen LogP contribution in [-0.2, 0) is 0 Å². The lowest BCUT2D eigenvalue weighted by atomic mass is 9.93. The smallest absolute Gasteiger partial charge is 0.269 e. The number of hydrogen-bond donors (Lipinski definition) is 3. The number of carbonyl (C=O) groups is 1. The van der Waals surface area contributed by atoms with Crippen molar-refractivity contribution in [2.45, 2.75) is 37.8 Å². The first kappa shape index (κ1) is 19.7. The van der Waals surface area contributed by atoms with Crippen LogP contribution in [0.15, 0.2) is 30.5 Å². The van der Waals surface area contributed by atoms with Crippen LogP contribution in [0.2, 0.25) is 0 Å². The molecule has 9 heteroatoms. The number of aliphatic hydroxyl groups is 1. The molecule has 1 fully saturated rings. The standard InChI is InChI=1S/C20H23BN4O3S/c1-22-19(27)14-10-11(8-9-23-14)28-16-7-6-13-18(17(16)21)29-20(25-13)24-12-4-2-3-5-15(12)26/h6-10,12,15,26H,2-5,21H2,1H3,(H,22,27)(H,24,25)/t12-,15-/m1/s1. The zero-order valence-corrected chi connectivity index (χ0v) is 17.3. The van der Waals surface area contributed by atoms with E-state index in [1.54, 1.807) is 36.7 Å². The van der Waals surface area contributed by atoms with Gasteiger partial charge in [-0.2, -0.15) is 0 Å². The molecule has 2 heterocycles. The van der Waals surface area contributed by atoms with Gasteiger partial charge in [0.1, 0.15) is 25.0 Å². The molecule has 0 radical (unpaired) electrons. The van der Waals surface area contributed by atoms with Crippen LogP contribution in [-0.4, -0.2) is 48.0 Å². The number of thiazole rings is 1. The second-order valence-electron chi connectivity index (χ2n) is 7.22. The average molecular weight is 410 g/mol. The molecule has 0 saturated heterocycles. The fourth-order valence-electron chi connectivity index (χ4n) is 3.57. The number of benzene rings is 1. The van der Waals surface area contributed by atoms with E-state index in [9.17, 15) is 9.90 Å². The van der Waals surface area contributed by atoms with Crippen molar-refractivity contribution >= 4 is 45.9 Å². The number of aliphatic hydroxyl groups excluding tert-OH is 1. The second kappa shape index (κ2) is 8.38. The van der Waals surface area contributed by atoms with E-state index in [1.165, 1.54) is 0 Å². The summed E-state index contributed by atoms with van der Waals surface area (Å²) in [6.45, 7) is 0. The van der Waals surface area contributed by atoms with Crippen LogP contribution in [0.25, 0.3) is 10.2 Å². The van der Waals surface area contributed by atoms with E-state index in [0.29, 0.717) is 17.2 Å². The van der Waals surface area contributed by atoms with Crippen LogP contribution in [0.1, 0.15) is 36.2 Å². The Bertz CT molecular complexity index is 1040. The Morgan fingerprint density at radius 1 is 1.31 bits per heavy atom. The minimum absolute atomic E-state index is 0.0558. The number of carbonyl (C=O) groups excluding carboxylic acids is 1. The topological polar surface area (TPSA) is 96.4 Å². The number of nitrogens with zero attached hydrogens (tertiary/aromatic N) is 2. The first-order valence-corrected chi connectivity index (χ1v) is 10.6. The van der Waals surface area contributed by atoms with E-state index in [4.69, 9.17) is 4.74 Å². The summed E-state index contributed by atoms with van der Waals surface area (Å²) in [5, 5.41) is 17.0. The zero-order chi connectivity index (χ0) is 20.4. The molecule has 1 aliphatic carbocycles. The van der Waals surface area contributed by atoms with Crippen LogP contribution in [0, 0.1) is 0 Å². The van der Waals surface area contributed by atoms with Gasteiger partial charge in [-0.1, -0.05) is 24.2 Å². The van der Waals surface area contributed by atoms with Gasteiger partial charge in [0.15, 0.2) is 5.13 Å². The molecule has 2 atom stereocenters. The molecule has 2 aromatic heterocycles. The van der Waals surface area contributed by atoms with Gasteiger partial charge in [-0.25, -0.2) is 4.98 Å². The summed E-state index contributed by atoms with van der Waals surface area (Å²) >= 11 is 1.57. The largest absolute Gasteiger partial charge is 0.458 e. The predicted molar refractivity (Wildman–Crippen MR) is 117 cm³/mol. The Morgan fingerprint density at radius 3 is 2.93 bits per heavy atom. The number of hydrogen-bond acceptors (Lipinski definition) is 7. The molecule has 1 aromatic carbocycles. The maximum Gasteiger partial charge on any atom is 0.269 e. The minimum atomic E-state index is -0.322. The van der Waals surface area contributed by atoms with Crippen molar-refractivity contribution in [1.29, 1.82) is 0 Å². The molecular formula is C20H23BN4O3S. The third-order valence-corrected chi connectivity index (χ3v) is 6.34. The summed E-state index contributed by atoms with van der Waals surface area (Å²) in [6.07, 6.45) is 5.23. The Kier molecular flexibility index (Phi) is 5.68. The van der Waals surface area contributed by atoms with Crippen LogP contribution in [0.3, 0.4) is 0 Å². The molecule has 0 aliphatic heterocycles. The minimum Gasteiger partial charge on any atom is -0.458 e. The number of amides is 1. The SMILES string of the molecule is Bc1c(Oc2ccnc(C(=O)NC)c2)ccc2nc(N[C@@H]3CCCC[C@H]3O)sc12. The first-order chi connectivity index (χ1) is 14.0. The fourth-order valence-corrected chi connectivity index (χ4v) is 4.59. The van der Waals surface area contributed by atoms with E-state index in [2.05, 4.69) is 20.6 Å². The highest BCUT2D eigenvalue weighted by molar-refractivity contribution is 7.23. The Balaban J connectivity index is 1.57. The zero-order valence-electron chi connectivity index (χ0n) is 16.4. The quantitative estimate of drug-likeness (QED) is 0.556. The summed E-state index contributed by atoms with van der Waals surface area (Å²) in [4.78, 5) is 20.5. The molecule has 3 N–H and O–H groups in total. The van der Waals surface area contributed by atoms with Crippen molar-refractivity contribution in [3.63, 3.8) is 0 Å². The van der Waals surface area contributed by atoms with Crippen molar-refractivity contribution in [2.24, 2.45) is 0 Å². The highest BCUT2D eigenvalue weighted by Gasteiger charge is 2.24. The molecule has 1 aliphatic rings. The Hall–Kier alpha value is -2.65. The monoisotopic (exact) mass is 410 g/mol.